The van der Waals surface area contributed by atoms with E-state index in [0.717, 1.165) is 27.1 Å². The first-order valence-corrected chi connectivity index (χ1v) is 15.8. The zero-order valence-electron chi connectivity index (χ0n) is 15.9. The van der Waals surface area contributed by atoms with Gasteiger partial charge in [0.25, 0.3) is 0 Å². The van der Waals surface area contributed by atoms with E-state index in [1.807, 2.05) is 13.8 Å². The van der Waals surface area contributed by atoms with Crippen molar-refractivity contribution in [2.45, 2.75) is 37.7 Å². The predicted molar refractivity (Wildman–Crippen MR) is 112 cm³/mol. The molecule has 1 aliphatic carbocycles. The maximum absolute atomic E-state index is 13.1. The summed E-state index contributed by atoms with van der Waals surface area (Å²) >= 11 is 6.20. The second-order valence-electron chi connectivity index (χ2n) is 5.58. The zero-order valence-corrected chi connectivity index (χ0v) is 20.7. The van der Waals surface area contributed by atoms with E-state index in [9.17, 15) is 18.8 Å². The number of carbonyl (C=O) groups is 1. The van der Waals surface area contributed by atoms with Crippen molar-refractivity contribution in [2.75, 3.05) is 35.5 Å². The van der Waals surface area contributed by atoms with Crippen LogP contribution in [-0.2, 0) is 8.53 Å². The van der Waals surface area contributed by atoms with Crippen molar-refractivity contribution in [3.63, 3.8) is 0 Å². The normalized spacial score (nSPS) is 18.8. The summed E-state index contributed by atoms with van der Waals surface area (Å²) in [7, 11) is -7.09. The standard InChI is InChI=1S/C15H27ClO5S5/c1-7-22-11-12(23-8-2)15(11,25-10-4)13(14(17)24-9-3)26(5,6)21-16(18,19)20/h13H,7-10H2,1-6H3. The lowest BCUT2D eigenvalue weighted by atomic mass is 10.2. The minimum atomic E-state index is -4.60. The fourth-order valence-corrected chi connectivity index (χ4v) is 13.1. The fraction of sp³-hybridized carbons (Fsp3) is 0.800. The largest absolute Gasteiger partial charge is 0.286 e. The highest BCUT2D eigenvalue weighted by Gasteiger charge is 2.67. The average Bonchev–Trinajstić information content (AvgIpc) is 3.03. The van der Waals surface area contributed by atoms with Crippen molar-refractivity contribution in [3.05, 3.63) is 9.81 Å². The molecule has 1 aliphatic rings. The van der Waals surface area contributed by atoms with E-state index in [1.165, 1.54) is 11.8 Å². The second-order valence-corrected chi connectivity index (χ2v) is 15.3. The minimum Gasteiger partial charge on any atom is -0.286 e. The monoisotopic (exact) mass is 482 g/mol. The first-order chi connectivity index (χ1) is 12.0. The Morgan fingerprint density at radius 2 is 1.54 bits per heavy atom. The molecule has 0 radical (unpaired) electrons. The van der Waals surface area contributed by atoms with Crippen LogP contribution in [0.25, 0.3) is 0 Å². The summed E-state index contributed by atoms with van der Waals surface area (Å²) < 4.78 is 38.4. The Bertz CT molecular complexity index is 519. The lowest BCUT2D eigenvalue weighted by Crippen LogP contribution is -2.62. The van der Waals surface area contributed by atoms with Gasteiger partial charge in [-0.1, -0.05) is 39.5 Å². The molecule has 1 atom stereocenters. The van der Waals surface area contributed by atoms with Crippen LogP contribution >= 0.6 is 57.4 Å². The Balaban J connectivity index is 3.40. The molecule has 11 heteroatoms. The van der Waals surface area contributed by atoms with Crippen LogP contribution in [0.3, 0.4) is 0 Å². The van der Waals surface area contributed by atoms with E-state index in [2.05, 4.69) is 13.8 Å². The maximum atomic E-state index is 13.1. The lowest BCUT2D eigenvalue weighted by Gasteiger charge is -2.38. The summed E-state index contributed by atoms with van der Waals surface area (Å²) in [4.78, 5) is 15.4. The molecular weight excluding hydrogens is 456 g/mol. The molecule has 0 spiro atoms. The van der Waals surface area contributed by atoms with Gasteiger partial charge in [-0.15, -0.1) is 35.3 Å². The van der Waals surface area contributed by atoms with E-state index in [-0.39, 0.29) is 5.12 Å². The van der Waals surface area contributed by atoms with E-state index in [4.69, 9.17) is 3.74 Å². The smallest absolute Gasteiger partial charge is 0.205 e. The Morgan fingerprint density at radius 3 is 1.88 bits per heavy atom. The van der Waals surface area contributed by atoms with Crippen molar-refractivity contribution >= 4 is 62.5 Å². The topological polar surface area (TPSA) is 95.5 Å². The summed E-state index contributed by atoms with van der Waals surface area (Å²) in [6.07, 6.45) is 3.21. The molecule has 0 aliphatic heterocycles. The molecule has 26 heavy (non-hydrogen) atoms. The molecule has 0 aromatic heterocycles. The van der Waals surface area contributed by atoms with Gasteiger partial charge in [0, 0.05) is 32.6 Å². The van der Waals surface area contributed by atoms with Crippen LogP contribution in [0.1, 0.15) is 27.7 Å². The summed E-state index contributed by atoms with van der Waals surface area (Å²) in [6.45, 7) is 8.01. The van der Waals surface area contributed by atoms with Crippen molar-refractivity contribution in [3.8, 4) is 0 Å². The molecule has 0 N–H and O–H groups in total. The number of hydrogen-bond donors (Lipinski definition) is 0. The van der Waals surface area contributed by atoms with Crippen LogP contribution in [-0.4, -0.2) is 50.6 Å². The van der Waals surface area contributed by atoms with Crippen molar-refractivity contribution in [1.82, 2.24) is 0 Å². The van der Waals surface area contributed by atoms with Crippen molar-refractivity contribution in [1.29, 1.82) is 0 Å². The molecule has 0 saturated carbocycles. The maximum Gasteiger partial charge on any atom is 0.205 e. The molecule has 0 heterocycles. The quantitative estimate of drug-likeness (QED) is 0.412. The van der Waals surface area contributed by atoms with Gasteiger partial charge in [0.2, 0.25) is 5.12 Å². The van der Waals surface area contributed by atoms with Crippen LogP contribution in [0.5, 0.6) is 0 Å². The highest BCUT2D eigenvalue weighted by atomic mass is 35.7. The van der Waals surface area contributed by atoms with Crippen molar-refractivity contribution < 1.29 is 32.8 Å². The van der Waals surface area contributed by atoms with Gasteiger partial charge in [0.1, 0.15) is 8.99 Å². The van der Waals surface area contributed by atoms with E-state index >= 15 is 0 Å². The molecule has 1 unspecified atom stereocenters. The van der Waals surface area contributed by atoms with Gasteiger partial charge in [0.15, 0.2) is 0 Å². The van der Waals surface area contributed by atoms with Crippen LogP contribution in [0.15, 0.2) is 9.81 Å². The fourth-order valence-electron chi connectivity index (χ4n) is 2.79. The highest BCUT2D eigenvalue weighted by molar-refractivity contribution is 8.32. The number of carbonyl (C=O) groups excluding carboxylic acids is 1. The highest BCUT2D eigenvalue weighted by Crippen LogP contribution is 2.72. The van der Waals surface area contributed by atoms with Gasteiger partial charge in [-0.3, -0.25) is 4.79 Å². The van der Waals surface area contributed by atoms with Gasteiger partial charge in [-0.25, -0.2) is 0 Å². The third kappa shape index (κ3) is 5.90. The summed E-state index contributed by atoms with van der Waals surface area (Å²) in [5.74, 6) is 3.10. The van der Waals surface area contributed by atoms with Gasteiger partial charge in [-0.05, 0) is 23.0 Å². The van der Waals surface area contributed by atoms with Crippen molar-refractivity contribution in [2.24, 2.45) is 0 Å². The Hall–Kier alpha value is 1.29. The summed E-state index contributed by atoms with van der Waals surface area (Å²) in [6, 6.07) is 0. The number of halogens is 1. The molecular formula is C15H27ClO5S5. The van der Waals surface area contributed by atoms with Crippen LogP contribution < -0.4 is 14.0 Å². The molecule has 5 nitrogen and oxygen atoms in total. The van der Waals surface area contributed by atoms with E-state index in [0.29, 0.717) is 5.75 Å². The van der Waals surface area contributed by atoms with Crippen LogP contribution in [0.4, 0.5) is 0 Å². The van der Waals surface area contributed by atoms with Gasteiger partial charge >= 0.3 is 0 Å². The van der Waals surface area contributed by atoms with Gasteiger partial charge < -0.3 is 0 Å². The molecule has 0 fully saturated rings. The van der Waals surface area contributed by atoms with E-state index in [1.54, 1.807) is 47.8 Å². The third-order valence-electron chi connectivity index (χ3n) is 3.44. The average molecular weight is 483 g/mol. The second kappa shape index (κ2) is 10.4. The first kappa shape index (κ1) is 25.3. The van der Waals surface area contributed by atoms with Crippen LogP contribution in [0, 0.1) is 10.2 Å². The molecule has 1 rings (SSSR count). The number of thioether (sulfide) groups is 4. The Morgan fingerprint density at radius 1 is 1.04 bits per heavy atom. The van der Waals surface area contributed by atoms with Gasteiger partial charge in [-0.2, -0.15) is 14.0 Å². The first-order valence-electron chi connectivity index (χ1n) is 8.17. The molecule has 0 amide bonds. The number of hydrogen-bond acceptors (Lipinski definition) is 9. The lowest BCUT2D eigenvalue weighted by molar-refractivity contribution is -1.91. The molecule has 0 bridgehead atoms. The summed E-state index contributed by atoms with van der Waals surface area (Å²) in [5, 5.41) is -0.780. The Labute approximate surface area is 177 Å². The Kier molecular flexibility index (Phi) is 10.1. The molecule has 0 aromatic rings. The number of rotatable bonds is 12. The minimum absolute atomic E-state index is 0.104. The SMILES string of the molecule is CCSC(=O)C(C1(SCC)C(SCC)=C1SCC)S(C)(C)O[Cl+3]([O-])([O-])[O-]. The molecule has 0 saturated heterocycles. The van der Waals surface area contributed by atoms with Gasteiger partial charge in [0.05, 0.1) is 15.0 Å². The zero-order chi connectivity index (χ0) is 20.2. The third-order valence-corrected chi connectivity index (χ3v) is 12.2. The van der Waals surface area contributed by atoms with E-state index < -0.39 is 30.5 Å². The summed E-state index contributed by atoms with van der Waals surface area (Å²) in [5.41, 5.74) is 0. The predicted octanol–water partition coefficient (Wildman–Crippen LogP) is 1.75. The molecule has 154 valence electrons. The van der Waals surface area contributed by atoms with Crippen LogP contribution in [0.2, 0.25) is 0 Å². The molecule has 0 aromatic carbocycles.